The summed E-state index contributed by atoms with van der Waals surface area (Å²) in [6, 6.07) is 13.2. The quantitative estimate of drug-likeness (QED) is 0.531. The van der Waals surface area contributed by atoms with E-state index in [9.17, 15) is 20.0 Å². The van der Waals surface area contributed by atoms with E-state index >= 15 is 0 Å². The maximum atomic E-state index is 12.4. The molecule has 7 nitrogen and oxygen atoms in total. The first-order valence-corrected chi connectivity index (χ1v) is 11.5. The highest BCUT2D eigenvalue weighted by atomic mass is 32.1. The summed E-state index contributed by atoms with van der Waals surface area (Å²) in [4.78, 5) is 25.5. The van der Waals surface area contributed by atoms with Crippen molar-refractivity contribution >= 4 is 29.0 Å². The van der Waals surface area contributed by atoms with Crippen LogP contribution in [0.25, 0.3) is 11.3 Å². The number of rotatable bonds is 3. The van der Waals surface area contributed by atoms with Crippen LogP contribution in [0.5, 0.6) is 0 Å². The third kappa shape index (κ3) is 3.73. The van der Waals surface area contributed by atoms with Crippen molar-refractivity contribution in [2.45, 2.75) is 45.1 Å². The number of hydrogen-bond acceptors (Lipinski definition) is 5. The lowest BCUT2D eigenvalue weighted by molar-refractivity contribution is -0.125. The Bertz CT molecular complexity index is 1280. The Morgan fingerprint density at radius 3 is 2.67 bits per heavy atom. The van der Waals surface area contributed by atoms with Gasteiger partial charge in [-0.1, -0.05) is 39.8 Å². The fourth-order valence-electron chi connectivity index (χ4n) is 4.38. The van der Waals surface area contributed by atoms with E-state index in [1.54, 1.807) is 29.5 Å². The van der Waals surface area contributed by atoms with Gasteiger partial charge in [0, 0.05) is 16.1 Å². The second-order valence-corrected chi connectivity index (χ2v) is 9.97. The SMILES string of the molecule is CCC1(c2cccs2)OCC(=O)Nc2ccc(-c3cc(C(C)(C)C)c(C#N)n3C(=O)O)cc21. The van der Waals surface area contributed by atoms with Crippen LogP contribution in [-0.2, 0) is 20.5 Å². The fourth-order valence-corrected chi connectivity index (χ4v) is 5.35. The summed E-state index contributed by atoms with van der Waals surface area (Å²) in [5.41, 5.74) is 1.88. The third-order valence-electron chi connectivity index (χ3n) is 6.00. The molecule has 3 aromatic rings. The first kappa shape index (κ1) is 22.8. The van der Waals surface area contributed by atoms with Gasteiger partial charge in [-0.25, -0.2) is 9.36 Å². The number of ether oxygens (including phenoxy) is 1. The summed E-state index contributed by atoms with van der Waals surface area (Å²) >= 11 is 1.54. The summed E-state index contributed by atoms with van der Waals surface area (Å²) in [5.74, 6) is -0.244. The molecule has 0 saturated carbocycles. The van der Waals surface area contributed by atoms with Gasteiger partial charge in [0.1, 0.15) is 24.0 Å². The van der Waals surface area contributed by atoms with E-state index in [4.69, 9.17) is 4.74 Å². The Kier molecular flexibility index (Phi) is 5.64. The van der Waals surface area contributed by atoms with Crippen molar-refractivity contribution in [2.75, 3.05) is 11.9 Å². The molecule has 0 radical (unpaired) electrons. The number of thiophene rings is 1. The number of carbonyl (C=O) groups is 2. The van der Waals surface area contributed by atoms with Gasteiger partial charge in [0.25, 0.3) is 0 Å². The summed E-state index contributed by atoms with van der Waals surface area (Å²) < 4.78 is 7.26. The molecule has 0 fully saturated rings. The molecule has 1 amide bonds. The van der Waals surface area contributed by atoms with Crippen molar-refractivity contribution in [3.63, 3.8) is 0 Å². The monoisotopic (exact) mass is 463 g/mol. The van der Waals surface area contributed by atoms with E-state index in [2.05, 4.69) is 11.4 Å². The summed E-state index contributed by atoms with van der Waals surface area (Å²) in [6.07, 6.45) is -0.646. The molecule has 1 unspecified atom stereocenters. The minimum Gasteiger partial charge on any atom is -0.464 e. The van der Waals surface area contributed by atoms with Crippen molar-refractivity contribution in [3.05, 3.63) is 63.5 Å². The Morgan fingerprint density at radius 1 is 1.33 bits per heavy atom. The first-order chi connectivity index (χ1) is 15.6. The molecule has 170 valence electrons. The van der Waals surface area contributed by atoms with Gasteiger partial charge in [-0.15, -0.1) is 11.3 Å². The predicted molar refractivity (Wildman–Crippen MR) is 127 cm³/mol. The topological polar surface area (TPSA) is 104 Å². The Morgan fingerprint density at radius 2 is 2.09 bits per heavy atom. The van der Waals surface area contributed by atoms with Crippen LogP contribution in [0, 0.1) is 11.3 Å². The van der Waals surface area contributed by atoms with Gasteiger partial charge in [0.2, 0.25) is 5.91 Å². The number of nitriles is 1. The molecule has 4 rings (SSSR count). The van der Waals surface area contributed by atoms with Crippen LogP contribution in [0.1, 0.15) is 55.8 Å². The first-order valence-electron chi connectivity index (χ1n) is 10.6. The summed E-state index contributed by atoms with van der Waals surface area (Å²) in [6.45, 7) is 7.74. The van der Waals surface area contributed by atoms with Crippen molar-refractivity contribution in [2.24, 2.45) is 0 Å². The number of amides is 1. The van der Waals surface area contributed by atoms with Crippen LogP contribution < -0.4 is 5.32 Å². The maximum Gasteiger partial charge on any atom is 0.417 e. The predicted octanol–water partition coefficient (Wildman–Crippen LogP) is 5.53. The minimum absolute atomic E-state index is 0.0893. The van der Waals surface area contributed by atoms with Gasteiger partial charge in [-0.05, 0) is 52.6 Å². The highest BCUT2D eigenvalue weighted by Crippen LogP contribution is 2.45. The molecular formula is C25H25N3O4S. The highest BCUT2D eigenvalue weighted by Gasteiger charge is 2.40. The maximum absolute atomic E-state index is 12.4. The molecule has 2 aromatic heterocycles. The minimum atomic E-state index is -1.23. The van der Waals surface area contributed by atoms with Crippen molar-refractivity contribution in [1.82, 2.24) is 4.57 Å². The summed E-state index contributed by atoms with van der Waals surface area (Å²) in [7, 11) is 0. The number of carboxylic acid groups (broad SMARTS) is 1. The van der Waals surface area contributed by atoms with Crippen LogP contribution in [0.3, 0.4) is 0 Å². The van der Waals surface area contributed by atoms with E-state index < -0.39 is 17.1 Å². The average Bonchev–Trinajstić information content (AvgIpc) is 3.40. The lowest BCUT2D eigenvalue weighted by Crippen LogP contribution is -2.30. The lowest BCUT2D eigenvalue weighted by atomic mass is 9.85. The normalized spacial score (nSPS) is 18.2. The van der Waals surface area contributed by atoms with Crippen LogP contribution >= 0.6 is 11.3 Å². The fraction of sp³-hybridized carbons (Fsp3) is 0.320. The second kappa shape index (κ2) is 8.18. The molecule has 8 heteroatoms. The van der Waals surface area contributed by atoms with Gasteiger partial charge in [0.15, 0.2) is 0 Å². The van der Waals surface area contributed by atoms with Crippen LogP contribution in [-0.4, -0.2) is 28.3 Å². The number of fused-ring (bicyclic) bond motifs is 1. The molecule has 33 heavy (non-hydrogen) atoms. The molecule has 0 bridgehead atoms. The Balaban J connectivity index is 2.01. The Hall–Kier alpha value is -3.41. The van der Waals surface area contributed by atoms with E-state index in [1.165, 1.54) is 0 Å². The molecule has 1 aliphatic rings. The molecule has 0 saturated heterocycles. The zero-order chi connectivity index (χ0) is 24.0. The van der Waals surface area contributed by atoms with Gasteiger partial charge in [0.05, 0.1) is 5.69 Å². The number of anilines is 1. The van der Waals surface area contributed by atoms with Crippen LogP contribution in [0.4, 0.5) is 10.5 Å². The second-order valence-electron chi connectivity index (χ2n) is 9.03. The molecule has 0 spiro atoms. The Labute approximate surface area is 196 Å². The van der Waals surface area contributed by atoms with E-state index in [0.717, 1.165) is 15.0 Å². The molecule has 3 heterocycles. The van der Waals surface area contributed by atoms with Crippen LogP contribution in [0.2, 0.25) is 0 Å². The standard InChI is InChI=1S/C25H25N3O4S/c1-5-25(21-7-6-10-33-21)16-11-15(8-9-18(16)27-22(29)14-32-25)19-12-17(24(2,3)4)20(13-26)28(19)23(30)31/h6-12H,5,14H2,1-4H3,(H,27,29)(H,30,31). The van der Waals surface area contributed by atoms with E-state index in [1.807, 2.05) is 51.3 Å². The van der Waals surface area contributed by atoms with Crippen molar-refractivity contribution in [3.8, 4) is 17.3 Å². The number of aromatic nitrogens is 1. The van der Waals surface area contributed by atoms with E-state index in [0.29, 0.717) is 28.9 Å². The van der Waals surface area contributed by atoms with Gasteiger partial charge >= 0.3 is 6.09 Å². The van der Waals surface area contributed by atoms with Gasteiger partial charge in [-0.3, -0.25) is 4.79 Å². The number of benzene rings is 1. The summed E-state index contributed by atoms with van der Waals surface area (Å²) in [5, 5.41) is 24.6. The molecule has 2 N–H and O–H groups in total. The third-order valence-corrected chi connectivity index (χ3v) is 7.01. The zero-order valence-corrected chi connectivity index (χ0v) is 19.7. The van der Waals surface area contributed by atoms with Crippen molar-refractivity contribution < 1.29 is 19.4 Å². The largest absolute Gasteiger partial charge is 0.464 e. The molecule has 1 aliphatic heterocycles. The molecule has 0 aliphatic carbocycles. The molecule has 1 atom stereocenters. The van der Waals surface area contributed by atoms with Crippen LogP contribution in [0.15, 0.2) is 41.8 Å². The average molecular weight is 464 g/mol. The highest BCUT2D eigenvalue weighted by molar-refractivity contribution is 7.10. The van der Waals surface area contributed by atoms with Gasteiger partial charge < -0.3 is 15.2 Å². The number of nitrogens with one attached hydrogen (secondary N) is 1. The smallest absolute Gasteiger partial charge is 0.417 e. The van der Waals surface area contributed by atoms with E-state index in [-0.39, 0.29) is 18.2 Å². The number of carbonyl (C=O) groups excluding carboxylic acids is 1. The number of nitrogens with zero attached hydrogens (tertiary/aromatic N) is 2. The number of hydrogen-bond donors (Lipinski definition) is 2. The van der Waals surface area contributed by atoms with Gasteiger partial charge in [-0.2, -0.15) is 5.26 Å². The zero-order valence-electron chi connectivity index (χ0n) is 18.9. The van der Waals surface area contributed by atoms with Crippen molar-refractivity contribution in [1.29, 1.82) is 5.26 Å². The molecule has 1 aromatic carbocycles. The molecular weight excluding hydrogens is 438 g/mol. The lowest BCUT2D eigenvalue weighted by Gasteiger charge is -2.32.